The predicted octanol–water partition coefficient (Wildman–Crippen LogP) is 1.78. The molecule has 1 aromatic rings. The molecule has 1 aliphatic rings. The maximum Gasteiger partial charge on any atom is 0.126 e. The Kier molecular flexibility index (Phi) is 2.17. The summed E-state index contributed by atoms with van der Waals surface area (Å²) < 4.78 is 13.0. The Labute approximate surface area is 82.0 Å². The zero-order valence-corrected chi connectivity index (χ0v) is 7.87. The number of aliphatic imine (C=N–C) groups is 1. The lowest BCUT2D eigenvalue weighted by molar-refractivity contribution is 0.618. The average molecular weight is 190 g/mol. The molecule has 3 heteroatoms. The number of hydrogen-bond donors (Lipinski definition) is 1. The number of nitrogens with two attached hydrogens (primary N) is 1. The molecular weight excluding hydrogens is 179 g/mol. The second-order valence-electron chi connectivity index (χ2n) is 3.33. The molecule has 0 aromatic heterocycles. The summed E-state index contributed by atoms with van der Waals surface area (Å²) >= 11 is 0. The molecule has 0 saturated carbocycles. The SMILES string of the molecule is Cc1cc(C2=NC(N)C=C2)ccc1F. The van der Waals surface area contributed by atoms with Crippen LogP contribution in [0.15, 0.2) is 35.3 Å². The van der Waals surface area contributed by atoms with Crippen molar-refractivity contribution in [1.29, 1.82) is 0 Å². The quantitative estimate of drug-likeness (QED) is 0.720. The number of rotatable bonds is 1. The van der Waals surface area contributed by atoms with Gasteiger partial charge in [0.2, 0.25) is 0 Å². The van der Waals surface area contributed by atoms with E-state index in [-0.39, 0.29) is 12.0 Å². The molecule has 1 aromatic carbocycles. The fourth-order valence-electron chi connectivity index (χ4n) is 1.41. The molecule has 2 rings (SSSR count). The van der Waals surface area contributed by atoms with E-state index in [9.17, 15) is 4.39 Å². The van der Waals surface area contributed by atoms with Gasteiger partial charge in [-0.2, -0.15) is 0 Å². The van der Waals surface area contributed by atoms with Gasteiger partial charge in [0.05, 0.1) is 5.71 Å². The Hall–Kier alpha value is -1.48. The lowest BCUT2D eigenvalue weighted by Crippen LogP contribution is -2.11. The van der Waals surface area contributed by atoms with Crippen LogP contribution in [-0.2, 0) is 0 Å². The molecule has 0 aliphatic carbocycles. The Morgan fingerprint density at radius 3 is 2.79 bits per heavy atom. The van der Waals surface area contributed by atoms with E-state index in [1.54, 1.807) is 19.1 Å². The summed E-state index contributed by atoms with van der Waals surface area (Å²) in [5, 5.41) is 0. The van der Waals surface area contributed by atoms with Crippen molar-refractivity contribution in [2.75, 3.05) is 0 Å². The van der Waals surface area contributed by atoms with Gasteiger partial charge >= 0.3 is 0 Å². The summed E-state index contributed by atoms with van der Waals surface area (Å²) in [6.07, 6.45) is 3.42. The number of nitrogens with zero attached hydrogens (tertiary/aromatic N) is 1. The van der Waals surface area contributed by atoms with Gasteiger partial charge in [-0.3, -0.25) is 4.99 Å². The first-order valence-corrected chi connectivity index (χ1v) is 4.45. The molecule has 0 bridgehead atoms. The van der Waals surface area contributed by atoms with Crippen LogP contribution in [0.5, 0.6) is 0 Å². The largest absolute Gasteiger partial charge is 0.306 e. The summed E-state index contributed by atoms with van der Waals surface area (Å²) in [5.41, 5.74) is 7.94. The predicted molar refractivity (Wildman–Crippen MR) is 54.8 cm³/mol. The topological polar surface area (TPSA) is 38.4 Å². The molecule has 0 spiro atoms. The van der Waals surface area contributed by atoms with Crippen molar-refractivity contribution in [3.63, 3.8) is 0 Å². The van der Waals surface area contributed by atoms with E-state index >= 15 is 0 Å². The minimum atomic E-state index is -0.254. The van der Waals surface area contributed by atoms with Crippen molar-refractivity contribution in [3.05, 3.63) is 47.3 Å². The standard InChI is InChI=1S/C11H11FN2/c1-7-6-8(2-3-9(7)12)10-4-5-11(13)14-10/h2-6,11H,13H2,1H3. The molecule has 1 heterocycles. The van der Waals surface area contributed by atoms with Crippen molar-refractivity contribution in [2.24, 2.45) is 10.7 Å². The van der Waals surface area contributed by atoms with Gasteiger partial charge in [-0.15, -0.1) is 0 Å². The second kappa shape index (κ2) is 3.35. The van der Waals surface area contributed by atoms with Crippen molar-refractivity contribution in [3.8, 4) is 0 Å². The Morgan fingerprint density at radius 1 is 1.43 bits per heavy atom. The van der Waals surface area contributed by atoms with Gasteiger partial charge < -0.3 is 5.73 Å². The van der Waals surface area contributed by atoms with Crippen LogP contribution in [0.1, 0.15) is 11.1 Å². The van der Waals surface area contributed by atoms with Crippen LogP contribution in [0.2, 0.25) is 0 Å². The molecule has 0 fully saturated rings. The number of allylic oxidation sites excluding steroid dienone is 1. The normalized spacial score (nSPS) is 19.9. The molecule has 72 valence electrons. The third-order valence-electron chi connectivity index (χ3n) is 2.19. The third-order valence-corrected chi connectivity index (χ3v) is 2.19. The monoisotopic (exact) mass is 190 g/mol. The third kappa shape index (κ3) is 1.59. The van der Waals surface area contributed by atoms with Crippen molar-refractivity contribution in [2.45, 2.75) is 13.1 Å². The maximum atomic E-state index is 13.0. The van der Waals surface area contributed by atoms with Crippen LogP contribution in [-0.4, -0.2) is 11.9 Å². The van der Waals surface area contributed by atoms with Gasteiger partial charge in [-0.25, -0.2) is 4.39 Å². The fraction of sp³-hybridized carbons (Fsp3) is 0.182. The summed E-state index contributed by atoms with van der Waals surface area (Å²) in [7, 11) is 0. The summed E-state index contributed by atoms with van der Waals surface area (Å²) in [5.74, 6) is -0.194. The average Bonchev–Trinajstić information content (AvgIpc) is 2.57. The highest BCUT2D eigenvalue weighted by molar-refractivity contribution is 6.10. The van der Waals surface area contributed by atoms with Crippen molar-refractivity contribution < 1.29 is 4.39 Å². The second-order valence-corrected chi connectivity index (χ2v) is 3.33. The van der Waals surface area contributed by atoms with Gasteiger partial charge in [-0.1, -0.05) is 0 Å². The zero-order chi connectivity index (χ0) is 10.1. The minimum absolute atomic E-state index is 0.194. The molecule has 0 amide bonds. The zero-order valence-electron chi connectivity index (χ0n) is 7.87. The summed E-state index contributed by atoms with van der Waals surface area (Å²) in [6.45, 7) is 1.73. The summed E-state index contributed by atoms with van der Waals surface area (Å²) in [6, 6.07) is 4.94. The lowest BCUT2D eigenvalue weighted by Gasteiger charge is -2.01. The number of benzene rings is 1. The molecule has 14 heavy (non-hydrogen) atoms. The molecule has 1 unspecified atom stereocenters. The lowest BCUT2D eigenvalue weighted by atomic mass is 10.1. The first kappa shape index (κ1) is 9.09. The molecule has 2 nitrogen and oxygen atoms in total. The number of hydrogen-bond acceptors (Lipinski definition) is 2. The van der Waals surface area contributed by atoms with E-state index in [2.05, 4.69) is 4.99 Å². The molecule has 1 atom stereocenters. The van der Waals surface area contributed by atoms with Gasteiger partial charge in [0.1, 0.15) is 12.0 Å². The van der Waals surface area contributed by atoms with Crippen LogP contribution < -0.4 is 5.73 Å². The van der Waals surface area contributed by atoms with E-state index in [0.29, 0.717) is 5.56 Å². The van der Waals surface area contributed by atoms with E-state index in [1.807, 2.05) is 12.2 Å². The Balaban J connectivity index is 2.39. The van der Waals surface area contributed by atoms with E-state index < -0.39 is 0 Å². The van der Waals surface area contributed by atoms with Crippen LogP contribution >= 0.6 is 0 Å². The Morgan fingerprint density at radius 2 is 2.21 bits per heavy atom. The van der Waals surface area contributed by atoms with Crippen LogP contribution in [0.3, 0.4) is 0 Å². The van der Waals surface area contributed by atoms with Crippen molar-refractivity contribution >= 4 is 5.71 Å². The molecule has 1 aliphatic heterocycles. The maximum absolute atomic E-state index is 13.0. The van der Waals surface area contributed by atoms with Crippen LogP contribution in [0.4, 0.5) is 4.39 Å². The van der Waals surface area contributed by atoms with Gasteiger partial charge in [0, 0.05) is 5.56 Å². The molecule has 0 radical (unpaired) electrons. The number of aryl methyl sites for hydroxylation is 1. The van der Waals surface area contributed by atoms with Gasteiger partial charge in [0.15, 0.2) is 0 Å². The fourth-order valence-corrected chi connectivity index (χ4v) is 1.41. The first-order valence-electron chi connectivity index (χ1n) is 4.45. The molecule has 2 N–H and O–H groups in total. The van der Waals surface area contributed by atoms with E-state index in [1.165, 1.54) is 6.07 Å². The number of halogens is 1. The minimum Gasteiger partial charge on any atom is -0.306 e. The highest BCUT2D eigenvalue weighted by atomic mass is 19.1. The first-order chi connectivity index (χ1) is 6.66. The van der Waals surface area contributed by atoms with E-state index in [4.69, 9.17) is 5.73 Å². The van der Waals surface area contributed by atoms with E-state index in [0.717, 1.165) is 11.3 Å². The van der Waals surface area contributed by atoms with Crippen LogP contribution in [0, 0.1) is 12.7 Å². The van der Waals surface area contributed by atoms with Crippen molar-refractivity contribution in [1.82, 2.24) is 0 Å². The molecular formula is C11H11FN2. The highest BCUT2D eigenvalue weighted by Gasteiger charge is 2.09. The smallest absolute Gasteiger partial charge is 0.126 e. The molecule has 0 saturated heterocycles. The Bertz CT molecular complexity index is 421. The van der Waals surface area contributed by atoms with Gasteiger partial charge in [-0.05, 0) is 42.8 Å². The van der Waals surface area contributed by atoms with Crippen LogP contribution in [0.25, 0.3) is 0 Å². The summed E-state index contributed by atoms with van der Waals surface area (Å²) in [4.78, 5) is 4.19. The van der Waals surface area contributed by atoms with Gasteiger partial charge in [0.25, 0.3) is 0 Å². The highest BCUT2D eigenvalue weighted by Crippen LogP contribution is 2.13.